The Morgan fingerprint density at radius 3 is 3.06 bits per heavy atom. The molecule has 0 atom stereocenters. The lowest BCUT2D eigenvalue weighted by molar-refractivity contribution is 0.607. The van der Waals surface area contributed by atoms with Crippen molar-refractivity contribution in [2.24, 2.45) is 0 Å². The van der Waals surface area contributed by atoms with Crippen LogP contribution in [0.15, 0.2) is 24.3 Å². The molecule has 0 amide bonds. The quantitative estimate of drug-likeness (QED) is 0.796. The molecular formula is C13H16N4S. The minimum atomic E-state index is 0.772. The lowest BCUT2D eigenvalue weighted by Crippen LogP contribution is -2.44. The summed E-state index contributed by atoms with van der Waals surface area (Å²) in [4.78, 5) is 6.80. The fourth-order valence-electron chi connectivity index (χ4n) is 2.42. The van der Waals surface area contributed by atoms with Crippen LogP contribution in [-0.2, 0) is 6.54 Å². The van der Waals surface area contributed by atoms with Gasteiger partial charge in [0.15, 0.2) is 5.11 Å². The number of aromatic nitrogens is 2. The SMILES string of the molecule is CCNC(=S)N1CCCn2c1nc1ccccc12. The fourth-order valence-corrected chi connectivity index (χ4v) is 2.73. The Kier molecular flexibility index (Phi) is 2.91. The van der Waals surface area contributed by atoms with E-state index in [4.69, 9.17) is 17.2 Å². The highest BCUT2D eigenvalue weighted by atomic mass is 32.1. The van der Waals surface area contributed by atoms with Crippen LogP contribution in [0.1, 0.15) is 13.3 Å². The molecule has 1 aromatic carbocycles. The number of fused-ring (bicyclic) bond motifs is 3. The van der Waals surface area contributed by atoms with Gasteiger partial charge in [0.05, 0.1) is 11.0 Å². The molecule has 3 rings (SSSR count). The number of nitrogens with zero attached hydrogens (tertiary/aromatic N) is 3. The summed E-state index contributed by atoms with van der Waals surface area (Å²) in [5.74, 6) is 0.966. The Labute approximate surface area is 112 Å². The van der Waals surface area contributed by atoms with E-state index in [2.05, 4.69) is 39.9 Å². The summed E-state index contributed by atoms with van der Waals surface area (Å²) in [5, 5.41) is 3.98. The summed E-state index contributed by atoms with van der Waals surface area (Å²) in [6.45, 7) is 4.85. The molecule has 5 heteroatoms. The van der Waals surface area contributed by atoms with Gasteiger partial charge in [0.1, 0.15) is 0 Å². The van der Waals surface area contributed by atoms with E-state index in [1.54, 1.807) is 0 Å². The van der Waals surface area contributed by atoms with Crippen molar-refractivity contribution >= 4 is 34.3 Å². The molecule has 0 aliphatic carbocycles. The van der Waals surface area contributed by atoms with Crippen molar-refractivity contribution < 1.29 is 0 Å². The van der Waals surface area contributed by atoms with Crippen LogP contribution in [0.2, 0.25) is 0 Å². The Morgan fingerprint density at radius 1 is 1.39 bits per heavy atom. The maximum atomic E-state index is 5.42. The first-order chi connectivity index (χ1) is 8.81. The van der Waals surface area contributed by atoms with Gasteiger partial charge in [0.2, 0.25) is 5.95 Å². The van der Waals surface area contributed by atoms with Gasteiger partial charge >= 0.3 is 0 Å². The molecule has 0 saturated carbocycles. The van der Waals surface area contributed by atoms with E-state index in [1.807, 2.05) is 6.07 Å². The van der Waals surface area contributed by atoms with Crippen LogP contribution in [0.25, 0.3) is 11.0 Å². The van der Waals surface area contributed by atoms with E-state index < -0.39 is 0 Å². The molecule has 0 saturated heterocycles. The van der Waals surface area contributed by atoms with Crippen molar-refractivity contribution in [2.45, 2.75) is 19.9 Å². The second-order valence-electron chi connectivity index (χ2n) is 4.39. The summed E-state index contributed by atoms with van der Waals surface area (Å²) < 4.78 is 2.25. The minimum absolute atomic E-state index is 0.772. The highest BCUT2D eigenvalue weighted by molar-refractivity contribution is 7.80. The number of hydrogen-bond donors (Lipinski definition) is 1. The first-order valence-electron chi connectivity index (χ1n) is 6.32. The topological polar surface area (TPSA) is 33.1 Å². The third-order valence-corrected chi connectivity index (χ3v) is 3.58. The highest BCUT2D eigenvalue weighted by Gasteiger charge is 2.23. The summed E-state index contributed by atoms with van der Waals surface area (Å²) >= 11 is 5.42. The van der Waals surface area contributed by atoms with E-state index in [-0.39, 0.29) is 0 Å². The second kappa shape index (κ2) is 4.57. The maximum Gasteiger partial charge on any atom is 0.212 e. The van der Waals surface area contributed by atoms with Crippen molar-refractivity contribution in [2.75, 3.05) is 18.0 Å². The molecule has 94 valence electrons. The van der Waals surface area contributed by atoms with E-state index in [0.29, 0.717) is 0 Å². The molecule has 0 unspecified atom stereocenters. The zero-order valence-electron chi connectivity index (χ0n) is 10.4. The standard InChI is InChI=1S/C13H16N4S/c1-2-14-13(18)17-9-5-8-16-11-7-4-3-6-10(11)15-12(16)17/h3-4,6-7H,2,5,8-9H2,1H3,(H,14,18). The summed E-state index contributed by atoms with van der Waals surface area (Å²) in [6.07, 6.45) is 1.10. The van der Waals surface area contributed by atoms with E-state index in [1.165, 1.54) is 5.52 Å². The smallest absolute Gasteiger partial charge is 0.212 e. The van der Waals surface area contributed by atoms with Gasteiger partial charge in [-0.05, 0) is 37.7 Å². The minimum Gasteiger partial charge on any atom is -0.362 e. The average Bonchev–Trinajstić information content (AvgIpc) is 2.77. The Bertz CT molecular complexity index is 590. The molecule has 2 heterocycles. The molecule has 18 heavy (non-hydrogen) atoms. The Balaban J connectivity index is 2.08. The van der Waals surface area contributed by atoms with Gasteiger partial charge in [-0.3, -0.25) is 4.90 Å². The first-order valence-corrected chi connectivity index (χ1v) is 6.72. The molecule has 0 fully saturated rings. The molecule has 1 aliphatic heterocycles. The molecule has 0 radical (unpaired) electrons. The van der Waals surface area contributed by atoms with E-state index in [9.17, 15) is 0 Å². The molecule has 0 bridgehead atoms. The van der Waals surface area contributed by atoms with Crippen LogP contribution in [0.4, 0.5) is 5.95 Å². The van der Waals surface area contributed by atoms with Crippen molar-refractivity contribution in [1.29, 1.82) is 0 Å². The number of aryl methyl sites for hydroxylation is 1. The zero-order valence-corrected chi connectivity index (χ0v) is 11.2. The zero-order chi connectivity index (χ0) is 12.5. The van der Waals surface area contributed by atoms with Gasteiger partial charge in [0.25, 0.3) is 0 Å². The normalized spacial score (nSPS) is 14.6. The predicted octanol–water partition coefficient (Wildman–Crippen LogP) is 2.14. The second-order valence-corrected chi connectivity index (χ2v) is 4.78. The predicted molar refractivity (Wildman–Crippen MR) is 78.0 cm³/mol. The maximum absolute atomic E-state index is 5.42. The summed E-state index contributed by atoms with van der Waals surface area (Å²) in [7, 11) is 0. The molecule has 4 nitrogen and oxygen atoms in total. The van der Waals surface area contributed by atoms with Crippen LogP contribution in [0.5, 0.6) is 0 Å². The lowest BCUT2D eigenvalue weighted by atomic mass is 10.3. The largest absolute Gasteiger partial charge is 0.362 e. The number of para-hydroxylation sites is 2. The number of nitrogens with one attached hydrogen (secondary N) is 1. The molecule has 1 aromatic heterocycles. The van der Waals surface area contributed by atoms with Crippen molar-refractivity contribution in [1.82, 2.24) is 14.9 Å². The van der Waals surface area contributed by atoms with Gasteiger partial charge < -0.3 is 9.88 Å². The number of thiocarbonyl (C=S) groups is 1. The Morgan fingerprint density at radius 2 is 2.22 bits per heavy atom. The molecule has 0 spiro atoms. The number of benzene rings is 1. The fraction of sp³-hybridized carbons (Fsp3) is 0.385. The highest BCUT2D eigenvalue weighted by Crippen LogP contribution is 2.26. The third-order valence-electron chi connectivity index (χ3n) is 3.21. The number of hydrogen-bond acceptors (Lipinski definition) is 2. The van der Waals surface area contributed by atoms with E-state index in [0.717, 1.165) is 42.6 Å². The number of rotatable bonds is 1. The van der Waals surface area contributed by atoms with Crippen LogP contribution in [0, 0.1) is 0 Å². The van der Waals surface area contributed by atoms with Gasteiger partial charge in [0, 0.05) is 19.6 Å². The lowest BCUT2D eigenvalue weighted by Gasteiger charge is -2.29. The van der Waals surface area contributed by atoms with Crippen LogP contribution in [0.3, 0.4) is 0 Å². The number of imidazole rings is 1. The van der Waals surface area contributed by atoms with E-state index >= 15 is 0 Å². The van der Waals surface area contributed by atoms with Crippen molar-refractivity contribution in [3.05, 3.63) is 24.3 Å². The first kappa shape index (κ1) is 11.5. The summed E-state index contributed by atoms with van der Waals surface area (Å²) in [5.41, 5.74) is 2.23. The summed E-state index contributed by atoms with van der Waals surface area (Å²) in [6, 6.07) is 8.24. The third kappa shape index (κ3) is 1.75. The van der Waals surface area contributed by atoms with Crippen molar-refractivity contribution in [3.63, 3.8) is 0 Å². The van der Waals surface area contributed by atoms with Gasteiger partial charge in [-0.15, -0.1) is 0 Å². The monoisotopic (exact) mass is 260 g/mol. The average molecular weight is 260 g/mol. The van der Waals surface area contributed by atoms with Gasteiger partial charge in [-0.25, -0.2) is 4.98 Å². The van der Waals surface area contributed by atoms with Crippen LogP contribution in [-0.4, -0.2) is 27.8 Å². The van der Waals surface area contributed by atoms with Crippen LogP contribution < -0.4 is 10.2 Å². The Hall–Kier alpha value is -1.62. The van der Waals surface area contributed by atoms with Gasteiger partial charge in [-0.1, -0.05) is 12.1 Å². The molecular weight excluding hydrogens is 244 g/mol. The van der Waals surface area contributed by atoms with Crippen molar-refractivity contribution in [3.8, 4) is 0 Å². The molecule has 2 aromatic rings. The molecule has 1 N–H and O–H groups in total. The van der Waals surface area contributed by atoms with Gasteiger partial charge in [-0.2, -0.15) is 0 Å². The molecule has 1 aliphatic rings. The van der Waals surface area contributed by atoms with Crippen LogP contribution >= 0.6 is 12.2 Å². The number of anilines is 1.